The molecule has 0 radical (unpaired) electrons. The molecule has 0 fully saturated rings. The number of hydrogen-bond donors (Lipinski definition) is 5. The van der Waals surface area contributed by atoms with Crippen molar-refractivity contribution in [3.63, 3.8) is 0 Å². The number of ether oxygens (including phenoxy) is 3. The number of fused-ring (bicyclic) bond motifs is 3. The Labute approximate surface area is 254 Å². The minimum absolute atomic E-state index is 0.0718. The maximum Gasteiger partial charge on any atom is 0.358 e. The average Bonchev–Trinajstić information content (AvgIpc) is 3.19. The first-order chi connectivity index (χ1) is 21.3. The number of aromatic hydroxyl groups is 2. The standard InChI is InChI=1S/C33H26O12/c1-12-8-16-22(18(36)9-12)27(40)25-26(39)15-6-7-32(25,30(16)44-13(2)34)11-14-10-19(37)23-28(41)24-17(35)4-5-20(38)33(24,31(42)43-3)45-29(23)21(14)15/h4-10,15,20,30,36-38,40-41H,11H2,1-3H3. The lowest BCUT2D eigenvalue weighted by Gasteiger charge is -2.44. The lowest BCUT2D eigenvalue weighted by molar-refractivity contribution is -0.164. The fraction of sp³-hybridized carbons (Fsp3) is 0.273. The van der Waals surface area contributed by atoms with Gasteiger partial charge in [-0.2, -0.15) is 0 Å². The topological polar surface area (TPSA) is 197 Å². The van der Waals surface area contributed by atoms with Crippen LogP contribution < -0.4 is 4.74 Å². The molecule has 2 bridgehead atoms. The van der Waals surface area contributed by atoms with Crippen LogP contribution in [0.25, 0.3) is 11.5 Å². The van der Waals surface area contributed by atoms with E-state index in [4.69, 9.17) is 14.2 Å². The largest absolute Gasteiger partial charge is 0.507 e. The Morgan fingerprint density at radius 1 is 0.978 bits per heavy atom. The molecule has 0 saturated heterocycles. The Kier molecular flexibility index (Phi) is 5.73. The number of ketones is 2. The van der Waals surface area contributed by atoms with Gasteiger partial charge >= 0.3 is 11.9 Å². The number of aryl methyl sites for hydroxylation is 1. The van der Waals surface area contributed by atoms with Crippen molar-refractivity contribution >= 4 is 35.0 Å². The highest BCUT2D eigenvalue weighted by molar-refractivity contribution is 6.18. The normalized spacial score (nSPS) is 28.8. The highest BCUT2D eigenvalue weighted by Gasteiger charge is 2.62. The third-order valence-electron chi connectivity index (χ3n) is 9.25. The molecule has 230 valence electrons. The Hall–Kier alpha value is -5.36. The molecule has 5 unspecified atom stereocenters. The summed E-state index contributed by atoms with van der Waals surface area (Å²) in [5, 5.41) is 56.3. The number of rotatable bonds is 2. The number of aliphatic hydroxyl groups is 3. The number of benzene rings is 2. The van der Waals surface area contributed by atoms with Crippen LogP contribution in [0.4, 0.5) is 0 Å². The highest BCUT2D eigenvalue weighted by Crippen LogP contribution is 2.63. The van der Waals surface area contributed by atoms with Crippen LogP contribution in [0, 0.1) is 12.3 Å². The molecule has 5 aliphatic carbocycles. The quantitative estimate of drug-likeness (QED) is 0.245. The zero-order valence-electron chi connectivity index (χ0n) is 24.1. The molecule has 45 heavy (non-hydrogen) atoms. The van der Waals surface area contributed by atoms with Gasteiger partial charge in [-0.3, -0.25) is 14.4 Å². The summed E-state index contributed by atoms with van der Waals surface area (Å²) in [7, 11) is 1.00. The van der Waals surface area contributed by atoms with Crippen molar-refractivity contribution in [1.82, 2.24) is 0 Å². The van der Waals surface area contributed by atoms with E-state index >= 15 is 0 Å². The molecule has 2 aromatic rings. The van der Waals surface area contributed by atoms with Gasteiger partial charge in [-0.05, 0) is 48.8 Å². The highest BCUT2D eigenvalue weighted by atomic mass is 16.6. The van der Waals surface area contributed by atoms with Crippen LogP contribution in [-0.2, 0) is 35.1 Å². The van der Waals surface area contributed by atoms with E-state index in [1.165, 1.54) is 25.1 Å². The minimum Gasteiger partial charge on any atom is -0.507 e. The molecule has 12 heteroatoms. The summed E-state index contributed by atoms with van der Waals surface area (Å²) in [6.45, 7) is 2.89. The lowest BCUT2D eigenvalue weighted by Crippen LogP contribution is -2.60. The number of esters is 2. The molecule has 1 aliphatic heterocycles. The Morgan fingerprint density at radius 3 is 2.36 bits per heavy atom. The first-order valence-electron chi connectivity index (χ1n) is 14.0. The number of aliphatic hydroxyl groups excluding tert-OH is 3. The van der Waals surface area contributed by atoms with E-state index < -0.39 is 81.1 Å². The van der Waals surface area contributed by atoms with Crippen LogP contribution >= 0.6 is 0 Å². The van der Waals surface area contributed by atoms with Crippen molar-refractivity contribution in [2.75, 3.05) is 7.11 Å². The Bertz CT molecular complexity index is 1940. The summed E-state index contributed by atoms with van der Waals surface area (Å²) in [6.07, 6.45) is 1.88. The average molecular weight is 615 g/mol. The molecule has 1 heterocycles. The zero-order chi connectivity index (χ0) is 32.3. The third kappa shape index (κ3) is 3.39. The van der Waals surface area contributed by atoms with Crippen molar-refractivity contribution in [2.45, 2.75) is 44.0 Å². The van der Waals surface area contributed by atoms with Gasteiger partial charge in [0.1, 0.15) is 46.5 Å². The maximum absolute atomic E-state index is 14.5. The van der Waals surface area contributed by atoms with Gasteiger partial charge in [0.15, 0.2) is 11.6 Å². The van der Waals surface area contributed by atoms with Gasteiger partial charge in [-0.1, -0.05) is 18.2 Å². The number of carbonyl (C=O) groups excluding carboxylic acids is 4. The molecule has 2 aromatic carbocycles. The zero-order valence-corrected chi connectivity index (χ0v) is 24.1. The molecule has 1 spiro atoms. The summed E-state index contributed by atoms with van der Waals surface area (Å²) in [6, 6.07) is 4.30. The van der Waals surface area contributed by atoms with E-state index in [0.717, 1.165) is 19.3 Å². The SMILES string of the molecule is COC(=O)C12Oc3c(c(O)cc4c3C3C=CC5(C4)C(=C(O)c4c(O)cc(C)cc4C5OC(C)=O)C3=O)C(O)=C1C(=O)C=CC2O. The van der Waals surface area contributed by atoms with Gasteiger partial charge in [0.2, 0.25) is 0 Å². The van der Waals surface area contributed by atoms with Crippen LogP contribution in [0.5, 0.6) is 17.2 Å². The molecule has 8 rings (SSSR count). The van der Waals surface area contributed by atoms with Crippen LogP contribution in [0.3, 0.4) is 0 Å². The van der Waals surface area contributed by atoms with E-state index in [1.807, 2.05) is 0 Å². The van der Waals surface area contributed by atoms with Crippen molar-refractivity contribution < 1.29 is 58.9 Å². The van der Waals surface area contributed by atoms with Gasteiger partial charge in [-0.25, -0.2) is 4.79 Å². The van der Waals surface area contributed by atoms with Gasteiger partial charge in [0.05, 0.1) is 35.2 Å². The smallest absolute Gasteiger partial charge is 0.358 e. The number of methoxy groups -OCH3 is 1. The number of hydrogen-bond acceptors (Lipinski definition) is 12. The fourth-order valence-corrected chi connectivity index (χ4v) is 7.53. The molecule has 12 nitrogen and oxygen atoms in total. The van der Waals surface area contributed by atoms with E-state index in [2.05, 4.69) is 0 Å². The van der Waals surface area contributed by atoms with Crippen molar-refractivity contribution in [3.8, 4) is 17.2 Å². The van der Waals surface area contributed by atoms with Crippen molar-refractivity contribution in [1.29, 1.82) is 0 Å². The number of phenols is 2. The summed E-state index contributed by atoms with van der Waals surface area (Å²) in [5.74, 6) is -7.35. The van der Waals surface area contributed by atoms with E-state index in [-0.39, 0.29) is 45.7 Å². The molecule has 5 atom stereocenters. The van der Waals surface area contributed by atoms with Crippen molar-refractivity contribution in [2.24, 2.45) is 5.41 Å². The number of carbonyl (C=O) groups is 4. The Morgan fingerprint density at radius 2 is 1.67 bits per heavy atom. The van der Waals surface area contributed by atoms with E-state index in [0.29, 0.717) is 5.56 Å². The van der Waals surface area contributed by atoms with Gasteiger partial charge < -0.3 is 39.7 Å². The summed E-state index contributed by atoms with van der Waals surface area (Å²) >= 11 is 0. The van der Waals surface area contributed by atoms with E-state index in [9.17, 15) is 44.7 Å². The molecular formula is C33H26O12. The van der Waals surface area contributed by atoms with Crippen LogP contribution in [0.15, 0.2) is 53.6 Å². The minimum atomic E-state index is -2.58. The van der Waals surface area contributed by atoms with Gasteiger partial charge in [-0.15, -0.1) is 0 Å². The molecule has 0 aromatic heterocycles. The molecular weight excluding hydrogens is 588 g/mol. The third-order valence-corrected chi connectivity index (χ3v) is 9.25. The number of phenolic OH excluding ortho intramolecular Hbond substituents is 2. The Balaban J connectivity index is 1.54. The van der Waals surface area contributed by atoms with Crippen LogP contribution in [-0.4, -0.2) is 67.9 Å². The van der Waals surface area contributed by atoms with Crippen LogP contribution in [0.1, 0.15) is 52.3 Å². The first-order valence-corrected chi connectivity index (χ1v) is 14.0. The first kappa shape index (κ1) is 28.4. The predicted octanol–water partition coefficient (Wildman–Crippen LogP) is 2.83. The molecule has 0 saturated carbocycles. The number of Topliss-reactive ketones (excluding diaryl/α,β-unsaturated/α-hetero) is 1. The monoisotopic (exact) mass is 614 g/mol. The van der Waals surface area contributed by atoms with E-state index in [1.54, 1.807) is 19.1 Å². The summed E-state index contributed by atoms with van der Waals surface area (Å²) in [4.78, 5) is 53.2. The molecule has 6 aliphatic rings. The second kappa shape index (κ2) is 9.08. The second-order valence-corrected chi connectivity index (χ2v) is 11.8. The molecule has 5 N–H and O–H groups in total. The summed E-state index contributed by atoms with van der Waals surface area (Å²) in [5.41, 5.74) is -4.20. The van der Waals surface area contributed by atoms with Gasteiger partial charge in [0, 0.05) is 18.1 Å². The van der Waals surface area contributed by atoms with Crippen molar-refractivity contribution in [3.05, 3.63) is 87.0 Å². The molecule has 0 amide bonds. The predicted molar refractivity (Wildman–Crippen MR) is 153 cm³/mol. The second-order valence-electron chi connectivity index (χ2n) is 11.8. The fourth-order valence-electron chi connectivity index (χ4n) is 7.53. The number of allylic oxidation sites excluding steroid dienone is 2. The van der Waals surface area contributed by atoms with Gasteiger partial charge in [0.25, 0.3) is 5.60 Å². The lowest BCUT2D eigenvalue weighted by atomic mass is 9.61. The summed E-state index contributed by atoms with van der Waals surface area (Å²) < 4.78 is 16.9. The maximum atomic E-state index is 14.5. The van der Waals surface area contributed by atoms with Crippen LogP contribution in [0.2, 0.25) is 0 Å².